The molecule has 0 amide bonds. The van der Waals surface area contributed by atoms with Crippen molar-refractivity contribution >= 4 is 11.8 Å². The number of carbonyl (C=O) groups is 2. The van der Waals surface area contributed by atoms with Crippen molar-refractivity contribution in [2.24, 2.45) is 5.92 Å². The largest absolute Gasteiger partial charge is 0.503 e. The van der Waals surface area contributed by atoms with Gasteiger partial charge in [0.1, 0.15) is 6.10 Å². The predicted molar refractivity (Wildman–Crippen MR) is 113 cm³/mol. The molecular formula is C23H29NO7. The van der Waals surface area contributed by atoms with Crippen molar-refractivity contribution in [1.82, 2.24) is 4.98 Å². The van der Waals surface area contributed by atoms with Crippen molar-refractivity contribution in [2.75, 3.05) is 13.7 Å². The number of rotatable bonds is 12. The summed E-state index contributed by atoms with van der Waals surface area (Å²) in [4.78, 5) is 28.9. The third-order valence-electron chi connectivity index (χ3n) is 4.81. The molecule has 1 aromatic heterocycles. The van der Waals surface area contributed by atoms with Crippen LogP contribution < -0.4 is 4.74 Å². The van der Waals surface area contributed by atoms with Gasteiger partial charge in [-0.3, -0.25) is 9.59 Å². The molecule has 8 heteroatoms. The van der Waals surface area contributed by atoms with Gasteiger partial charge >= 0.3 is 5.97 Å². The average molecular weight is 431 g/mol. The normalized spacial score (nSPS) is 13.8. The summed E-state index contributed by atoms with van der Waals surface area (Å²) in [6, 6.07) is 11.0. The maximum atomic E-state index is 12.5. The highest BCUT2D eigenvalue weighted by Gasteiger charge is 2.27. The fourth-order valence-electron chi connectivity index (χ4n) is 3.00. The number of ketones is 1. The molecule has 2 aromatic rings. The molecular weight excluding hydrogens is 402 g/mol. The van der Waals surface area contributed by atoms with E-state index >= 15 is 0 Å². The molecule has 8 nitrogen and oxygen atoms in total. The molecule has 0 aliphatic heterocycles. The summed E-state index contributed by atoms with van der Waals surface area (Å²) in [5.74, 6) is -2.06. The molecule has 0 saturated carbocycles. The first kappa shape index (κ1) is 24.3. The van der Waals surface area contributed by atoms with Gasteiger partial charge in [-0.2, -0.15) is 0 Å². The van der Waals surface area contributed by atoms with Gasteiger partial charge in [0.15, 0.2) is 23.0 Å². The summed E-state index contributed by atoms with van der Waals surface area (Å²) in [6.07, 6.45) is 0.344. The number of aliphatic hydroxyl groups excluding tert-OH is 1. The number of benzene rings is 1. The summed E-state index contributed by atoms with van der Waals surface area (Å²) in [5.41, 5.74) is 0.810. The minimum atomic E-state index is -0.758. The Morgan fingerprint density at radius 2 is 1.84 bits per heavy atom. The average Bonchev–Trinajstić information content (AvgIpc) is 2.77. The number of aromatic hydroxyl groups is 1. The number of Topliss-reactive ketones (excluding diaryl/α,β-unsaturated/α-hetero) is 1. The Kier molecular flexibility index (Phi) is 9.42. The van der Waals surface area contributed by atoms with Crippen LogP contribution in [0.5, 0.6) is 11.5 Å². The Balaban J connectivity index is 1.94. The van der Waals surface area contributed by atoms with Crippen molar-refractivity contribution < 1.29 is 34.0 Å². The number of methoxy groups -OCH3 is 1. The molecule has 0 spiro atoms. The van der Waals surface area contributed by atoms with Gasteiger partial charge in [-0.25, -0.2) is 4.98 Å². The maximum absolute atomic E-state index is 12.5. The fourth-order valence-corrected chi connectivity index (χ4v) is 3.00. The van der Waals surface area contributed by atoms with Crippen LogP contribution in [-0.4, -0.2) is 52.9 Å². The monoisotopic (exact) mass is 431 g/mol. The van der Waals surface area contributed by atoms with Crippen LogP contribution in [0.2, 0.25) is 0 Å². The highest BCUT2D eigenvalue weighted by Crippen LogP contribution is 2.29. The van der Waals surface area contributed by atoms with E-state index in [0.717, 1.165) is 5.56 Å². The van der Waals surface area contributed by atoms with Gasteiger partial charge in [-0.05, 0) is 12.5 Å². The van der Waals surface area contributed by atoms with E-state index in [2.05, 4.69) is 4.98 Å². The summed E-state index contributed by atoms with van der Waals surface area (Å²) in [5, 5.41) is 19.4. The number of esters is 1. The molecule has 0 aliphatic rings. The van der Waals surface area contributed by atoms with Gasteiger partial charge in [0, 0.05) is 31.7 Å². The van der Waals surface area contributed by atoms with Crippen LogP contribution in [0.3, 0.4) is 0 Å². The molecule has 2 N–H and O–H groups in total. The Morgan fingerprint density at radius 3 is 2.48 bits per heavy atom. The van der Waals surface area contributed by atoms with Gasteiger partial charge in [0.2, 0.25) is 0 Å². The van der Waals surface area contributed by atoms with Crippen molar-refractivity contribution in [1.29, 1.82) is 0 Å². The SMILES string of the molecule is COc1ccnc(C(=O)C[C@@H](C)C(=O)O[C@@H](C)C(CCO)OCc2ccccc2)c1O. The lowest BCUT2D eigenvalue weighted by Gasteiger charge is -2.25. The summed E-state index contributed by atoms with van der Waals surface area (Å²) >= 11 is 0. The second-order valence-electron chi connectivity index (χ2n) is 7.23. The number of aliphatic hydroxyl groups is 1. The summed E-state index contributed by atoms with van der Waals surface area (Å²) in [6.45, 7) is 3.46. The molecule has 0 bridgehead atoms. The lowest BCUT2D eigenvalue weighted by Crippen LogP contribution is -2.34. The highest BCUT2D eigenvalue weighted by molar-refractivity contribution is 5.99. The Bertz CT molecular complexity index is 856. The lowest BCUT2D eigenvalue weighted by atomic mass is 10.0. The molecule has 1 unspecified atom stereocenters. The summed E-state index contributed by atoms with van der Waals surface area (Å²) in [7, 11) is 1.37. The van der Waals surface area contributed by atoms with Crippen molar-refractivity contribution in [3.8, 4) is 11.5 Å². The molecule has 31 heavy (non-hydrogen) atoms. The second-order valence-corrected chi connectivity index (χ2v) is 7.23. The van der Waals surface area contributed by atoms with Crippen LogP contribution in [0.1, 0.15) is 42.7 Å². The minimum absolute atomic E-state index is 0.115. The zero-order valence-corrected chi connectivity index (χ0v) is 18.0. The van der Waals surface area contributed by atoms with Crippen LogP contribution >= 0.6 is 0 Å². The van der Waals surface area contributed by atoms with Gasteiger partial charge in [0.05, 0.1) is 25.7 Å². The Morgan fingerprint density at radius 1 is 1.13 bits per heavy atom. The van der Waals surface area contributed by atoms with Crippen LogP contribution in [0.15, 0.2) is 42.6 Å². The number of nitrogens with zero attached hydrogens (tertiary/aromatic N) is 1. The smallest absolute Gasteiger partial charge is 0.309 e. The molecule has 0 radical (unpaired) electrons. The third-order valence-corrected chi connectivity index (χ3v) is 4.81. The molecule has 1 heterocycles. The van der Waals surface area contributed by atoms with Crippen LogP contribution in [0.25, 0.3) is 0 Å². The van der Waals surface area contributed by atoms with Gasteiger partial charge in [-0.15, -0.1) is 0 Å². The summed E-state index contributed by atoms with van der Waals surface area (Å²) < 4.78 is 16.3. The van der Waals surface area contributed by atoms with E-state index in [9.17, 15) is 19.8 Å². The van der Waals surface area contributed by atoms with Crippen LogP contribution in [-0.2, 0) is 20.9 Å². The highest BCUT2D eigenvalue weighted by atomic mass is 16.6. The zero-order chi connectivity index (χ0) is 22.8. The standard InChI is InChI=1S/C23H29NO7/c1-15(13-18(26)21-22(27)20(29-3)9-11-24-21)23(28)31-16(2)19(10-12-25)30-14-17-7-5-4-6-8-17/h4-9,11,15-16,19,25,27H,10,12-14H2,1-3H3/t15-,16+,19?/m1/s1. The van der Waals surface area contributed by atoms with E-state index < -0.39 is 29.9 Å². The molecule has 0 saturated heterocycles. The van der Waals surface area contributed by atoms with Gasteiger partial charge in [0.25, 0.3) is 0 Å². The number of aromatic nitrogens is 1. The Hall–Kier alpha value is -2.97. The first-order valence-corrected chi connectivity index (χ1v) is 10.1. The minimum Gasteiger partial charge on any atom is -0.503 e. The zero-order valence-electron chi connectivity index (χ0n) is 18.0. The molecule has 0 fully saturated rings. The number of hydrogen-bond donors (Lipinski definition) is 2. The van der Waals surface area contributed by atoms with Gasteiger partial charge < -0.3 is 24.4 Å². The van der Waals surface area contributed by atoms with E-state index in [1.807, 2.05) is 30.3 Å². The predicted octanol–water partition coefficient (Wildman–Crippen LogP) is 2.90. The number of ether oxygens (including phenoxy) is 3. The molecule has 0 aliphatic carbocycles. The number of hydrogen-bond acceptors (Lipinski definition) is 8. The van der Waals surface area contributed by atoms with Crippen LogP contribution in [0.4, 0.5) is 0 Å². The quantitative estimate of drug-likeness (QED) is 0.389. The van der Waals surface area contributed by atoms with Crippen molar-refractivity contribution in [3.63, 3.8) is 0 Å². The van der Waals surface area contributed by atoms with E-state index in [-0.39, 0.29) is 30.2 Å². The fraction of sp³-hybridized carbons (Fsp3) is 0.435. The van der Waals surface area contributed by atoms with Crippen LogP contribution in [0, 0.1) is 5.92 Å². The lowest BCUT2D eigenvalue weighted by molar-refractivity contribution is -0.161. The molecule has 1 aromatic carbocycles. The Labute approximate surface area is 181 Å². The third kappa shape index (κ3) is 7.04. The second kappa shape index (κ2) is 12.0. The molecule has 168 valence electrons. The first-order chi connectivity index (χ1) is 14.9. The van der Waals surface area contributed by atoms with E-state index in [1.165, 1.54) is 19.4 Å². The van der Waals surface area contributed by atoms with E-state index in [0.29, 0.717) is 13.0 Å². The topological polar surface area (TPSA) is 115 Å². The maximum Gasteiger partial charge on any atom is 0.309 e. The van der Waals surface area contributed by atoms with E-state index in [4.69, 9.17) is 14.2 Å². The molecule has 3 atom stereocenters. The van der Waals surface area contributed by atoms with Crippen molar-refractivity contribution in [3.05, 3.63) is 53.9 Å². The molecule has 2 rings (SSSR count). The first-order valence-electron chi connectivity index (χ1n) is 10.1. The van der Waals surface area contributed by atoms with Gasteiger partial charge in [-0.1, -0.05) is 37.3 Å². The number of carbonyl (C=O) groups excluding carboxylic acids is 2. The van der Waals surface area contributed by atoms with Crippen molar-refractivity contribution in [2.45, 2.75) is 45.5 Å². The number of pyridine rings is 1. The van der Waals surface area contributed by atoms with E-state index in [1.54, 1.807) is 13.8 Å².